The maximum absolute atomic E-state index is 12.9. The molecule has 0 aliphatic heterocycles. The number of aromatic nitrogens is 4. The molecule has 0 aromatic carbocycles. The molecule has 0 spiro atoms. The fourth-order valence-corrected chi connectivity index (χ4v) is 2.21. The molecule has 1 amide bonds. The van der Waals surface area contributed by atoms with E-state index in [0.29, 0.717) is 11.4 Å². The van der Waals surface area contributed by atoms with Crippen molar-refractivity contribution in [3.8, 4) is 0 Å². The van der Waals surface area contributed by atoms with Gasteiger partial charge in [-0.3, -0.25) is 9.48 Å². The molecule has 9 heteroatoms. The van der Waals surface area contributed by atoms with E-state index < -0.39 is 11.9 Å². The van der Waals surface area contributed by atoms with Crippen LogP contribution in [0, 0.1) is 12.8 Å². The first-order valence-corrected chi connectivity index (χ1v) is 7.04. The highest BCUT2D eigenvalue weighted by Crippen LogP contribution is 2.30. The number of nitrogens with zero attached hydrogens (tertiary/aromatic N) is 4. The zero-order valence-electron chi connectivity index (χ0n) is 13.1. The second kappa shape index (κ2) is 6.43. The van der Waals surface area contributed by atoms with Crippen LogP contribution in [0.4, 0.5) is 13.2 Å². The number of carbonyl (C=O) groups excluding carboxylic acids is 1. The van der Waals surface area contributed by atoms with Crippen LogP contribution in [0.3, 0.4) is 0 Å². The van der Waals surface area contributed by atoms with Gasteiger partial charge in [0.15, 0.2) is 0 Å². The summed E-state index contributed by atoms with van der Waals surface area (Å²) in [6.45, 7) is 3.57. The minimum absolute atomic E-state index is 0.0638. The van der Waals surface area contributed by atoms with Crippen LogP contribution >= 0.6 is 0 Å². The number of amides is 1. The van der Waals surface area contributed by atoms with E-state index in [1.54, 1.807) is 18.5 Å². The van der Waals surface area contributed by atoms with Crippen LogP contribution in [0.25, 0.3) is 0 Å². The fourth-order valence-electron chi connectivity index (χ4n) is 2.21. The minimum atomic E-state index is -4.45. The third-order valence-corrected chi connectivity index (χ3v) is 3.34. The van der Waals surface area contributed by atoms with Gasteiger partial charge >= 0.3 is 6.18 Å². The molecular formula is C14H18F3N5O. The monoisotopic (exact) mass is 329 g/mol. The van der Waals surface area contributed by atoms with Gasteiger partial charge in [0.25, 0.3) is 5.91 Å². The first kappa shape index (κ1) is 17.0. The molecule has 126 valence electrons. The normalized spacial score (nSPS) is 13.1. The fraction of sp³-hybridized carbons (Fsp3) is 0.500. The Kier molecular flexibility index (Phi) is 4.76. The lowest BCUT2D eigenvalue weighted by atomic mass is 10.2. The Morgan fingerprint density at radius 3 is 2.70 bits per heavy atom. The summed E-state index contributed by atoms with van der Waals surface area (Å²) in [5.41, 5.74) is -0.0774. The van der Waals surface area contributed by atoms with Crippen LogP contribution in [0.5, 0.6) is 0 Å². The molecule has 23 heavy (non-hydrogen) atoms. The maximum Gasteiger partial charge on any atom is 0.433 e. The molecule has 0 saturated heterocycles. The smallest absolute Gasteiger partial charge is 0.350 e. The van der Waals surface area contributed by atoms with Gasteiger partial charge < -0.3 is 9.88 Å². The van der Waals surface area contributed by atoms with Crippen molar-refractivity contribution in [2.45, 2.75) is 26.6 Å². The Hall–Kier alpha value is -2.32. The SMILES string of the molecule is Cc1cc(C(F)(F)F)n(CC(C)CNC(=O)c2cncn2C)n1. The van der Waals surface area contributed by atoms with E-state index in [-0.39, 0.29) is 24.9 Å². The average molecular weight is 329 g/mol. The Morgan fingerprint density at radius 1 is 1.43 bits per heavy atom. The standard InChI is InChI=1S/C14H18F3N5O/c1-9(5-19-13(23)11-6-18-8-21(11)3)7-22-12(14(15,16)17)4-10(2)20-22/h4,6,8-9H,5,7H2,1-3H3,(H,19,23). The van der Waals surface area contributed by atoms with Crippen molar-refractivity contribution in [3.05, 3.63) is 35.7 Å². The number of carbonyl (C=O) groups is 1. The second-order valence-electron chi connectivity index (χ2n) is 5.56. The van der Waals surface area contributed by atoms with Crippen LogP contribution in [0.2, 0.25) is 0 Å². The van der Waals surface area contributed by atoms with Crippen molar-refractivity contribution in [3.63, 3.8) is 0 Å². The number of imidazole rings is 1. The minimum Gasteiger partial charge on any atom is -0.350 e. The van der Waals surface area contributed by atoms with Crippen LogP contribution in [-0.4, -0.2) is 31.8 Å². The number of nitrogens with one attached hydrogen (secondary N) is 1. The summed E-state index contributed by atoms with van der Waals surface area (Å²) in [4.78, 5) is 15.8. The molecule has 2 heterocycles. The van der Waals surface area contributed by atoms with Crippen molar-refractivity contribution in [1.82, 2.24) is 24.6 Å². The van der Waals surface area contributed by atoms with Gasteiger partial charge in [-0.25, -0.2) is 4.98 Å². The van der Waals surface area contributed by atoms with E-state index in [0.717, 1.165) is 10.7 Å². The molecular weight excluding hydrogens is 311 g/mol. The van der Waals surface area contributed by atoms with Gasteiger partial charge in [0.05, 0.1) is 18.2 Å². The molecule has 1 N–H and O–H groups in total. The van der Waals surface area contributed by atoms with E-state index in [1.807, 2.05) is 0 Å². The summed E-state index contributed by atoms with van der Waals surface area (Å²) in [5.74, 6) is -0.530. The van der Waals surface area contributed by atoms with Crippen LogP contribution in [0.15, 0.2) is 18.6 Å². The number of hydrogen-bond acceptors (Lipinski definition) is 3. The predicted octanol–water partition coefficient (Wildman–Crippen LogP) is 2.01. The van der Waals surface area contributed by atoms with Crippen molar-refractivity contribution in [1.29, 1.82) is 0 Å². The highest BCUT2D eigenvalue weighted by atomic mass is 19.4. The van der Waals surface area contributed by atoms with Gasteiger partial charge in [-0.2, -0.15) is 18.3 Å². The Balaban J connectivity index is 1.97. The van der Waals surface area contributed by atoms with E-state index >= 15 is 0 Å². The van der Waals surface area contributed by atoms with E-state index in [1.165, 1.54) is 19.4 Å². The van der Waals surface area contributed by atoms with Crippen molar-refractivity contribution >= 4 is 5.91 Å². The van der Waals surface area contributed by atoms with E-state index in [9.17, 15) is 18.0 Å². The molecule has 0 bridgehead atoms. The highest BCUT2D eigenvalue weighted by molar-refractivity contribution is 5.92. The lowest BCUT2D eigenvalue weighted by Crippen LogP contribution is -2.31. The summed E-state index contributed by atoms with van der Waals surface area (Å²) in [7, 11) is 1.69. The molecule has 0 aliphatic rings. The number of alkyl halides is 3. The summed E-state index contributed by atoms with van der Waals surface area (Å²) >= 11 is 0. The second-order valence-corrected chi connectivity index (χ2v) is 5.56. The van der Waals surface area contributed by atoms with Crippen molar-refractivity contribution < 1.29 is 18.0 Å². The molecule has 2 aromatic rings. The van der Waals surface area contributed by atoms with E-state index in [4.69, 9.17) is 0 Å². The lowest BCUT2D eigenvalue weighted by molar-refractivity contribution is -0.144. The highest BCUT2D eigenvalue weighted by Gasteiger charge is 2.35. The van der Waals surface area contributed by atoms with Gasteiger partial charge in [0.2, 0.25) is 0 Å². The quantitative estimate of drug-likeness (QED) is 0.913. The molecule has 0 aliphatic carbocycles. The number of rotatable bonds is 5. The summed E-state index contributed by atoms with van der Waals surface area (Å²) in [5, 5.41) is 6.57. The predicted molar refractivity (Wildman–Crippen MR) is 76.7 cm³/mol. The molecule has 0 saturated carbocycles. The van der Waals surface area contributed by atoms with Gasteiger partial charge in [0.1, 0.15) is 11.4 Å². The number of aryl methyl sites for hydroxylation is 2. The van der Waals surface area contributed by atoms with Gasteiger partial charge in [-0.05, 0) is 18.9 Å². The van der Waals surface area contributed by atoms with Gasteiger partial charge in [-0.1, -0.05) is 6.92 Å². The third kappa shape index (κ3) is 4.11. The maximum atomic E-state index is 12.9. The van der Waals surface area contributed by atoms with Gasteiger partial charge in [-0.15, -0.1) is 0 Å². The average Bonchev–Trinajstić information content (AvgIpc) is 3.01. The Bertz CT molecular complexity index is 689. The Morgan fingerprint density at radius 2 is 2.13 bits per heavy atom. The number of hydrogen-bond donors (Lipinski definition) is 1. The Labute approximate surface area is 131 Å². The van der Waals surface area contributed by atoms with Crippen molar-refractivity contribution in [2.24, 2.45) is 13.0 Å². The zero-order valence-corrected chi connectivity index (χ0v) is 13.1. The molecule has 6 nitrogen and oxygen atoms in total. The summed E-state index contributed by atoms with van der Waals surface area (Å²) < 4.78 is 41.3. The first-order chi connectivity index (χ1) is 10.7. The van der Waals surface area contributed by atoms with Gasteiger partial charge in [0, 0.05) is 20.1 Å². The van der Waals surface area contributed by atoms with Crippen LogP contribution < -0.4 is 5.32 Å². The third-order valence-electron chi connectivity index (χ3n) is 3.34. The molecule has 1 atom stereocenters. The lowest BCUT2D eigenvalue weighted by Gasteiger charge is -2.16. The molecule has 0 radical (unpaired) electrons. The molecule has 2 aromatic heterocycles. The first-order valence-electron chi connectivity index (χ1n) is 7.04. The zero-order chi connectivity index (χ0) is 17.2. The largest absolute Gasteiger partial charge is 0.433 e. The molecule has 0 fully saturated rings. The summed E-state index contributed by atoms with van der Waals surface area (Å²) in [6.07, 6.45) is -1.52. The number of halogens is 3. The van der Waals surface area contributed by atoms with Crippen molar-refractivity contribution in [2.75, 3.05) is 6.54 Å². The molecule has 2 rings (SSSR count). The van der Waals surface area contributed by atoms with Crippen LogP contribution in [0.1, 0.15) is 28.8 Å². The summed E-state index contributed by atoms with van der Waals surface area (Å²) in [6, 6.07) is 1.01. The molecule has 1 unspecified atom stereocenters. The topological polar surface area (TPSA) is 64.7 Å². The van der Waals surface area contributed by atoms with Crippen LogP contribution in [-0.2, 0) is 19.8 Å². The van der Waals surface area contributed by atoms with E-state index in [2.05, 4.69) is 15.4 Å².